The molecule has 2 unspecified atom stereocenters. The van der Waals surface area contributed by atoms with Crippen molar-refractivity contribution in [3.63, 3.8) is 0 Å². The van der Waals surface area contributed by atoms with Crippen LogP contribution < -0.4 is 20.1 Å². The van der Waals surface area contributed by atoms with Crippen LogP contribution >= 0.6 is 11.3 Å². The molecule has 1 aromatic carbocycles. The Balaban J connectivity index is 1.88. The summed E-state index contributed by atoms with van der Waals surface area (Å²) in [4.78, 5) is 5.42. The van der Waals surface area contributed by atoms with Gasteiger partial charge in [-0.3, -0.25) is 0 Å². The molecule has 2 aromatic rings. The topological polar surface area (TPSA) is 75.1 Å². The van der Waals surface area contributed by atoms with Gasteiger partial charge in [0, 0.05) is 11.4 Å². The minimum atomic E-state index is -0.984. The third-order valence-corrected chi connectivity index (χ3v) is 5.02. The summed E-state index contributed by atoms with van der Waals surface area (Å²) in [6, 6.07) is 11.4. The van der Waals surface area contributed by atoms with Crippen molar-refractivity contribution in [2.45, 2.75) is 32.5 Å². The fraction of sp³-hybridized carbons (Fsp3) is 0.450. The molecule has 0 aliphatic rings. The maximum atomic E-state index is 10.6. The van der Waals surface area contributed by atoms with E-state index >= 15 is 0 Å². The normalized spacial score (nSPS) is 14.9. The third kappa shape index (κ3) is 6.77. The lowest BCUT2D eigenvalue weighted by atomic mass is 10.1. The zero-order chi connectivity index (χ0) is 19.7. The Morgan fingerprint density at radius 3 is 2.52 bits per heavy atom. The average molecular weight is 392 g/mol. The van der Waals surface area contributed by atoms with Crippen molar-refractivity contribution in [2.24, 2.45) is 4.99 Å². The Hall–Kier alpha value is -2.25. The van der Waals surface area contributed by atoms with Crippen LogP contribution in [-0.4, -0.2) is 43.9 Å². The monoisotopic (exact) mass is 391 g/mol. The maximum Gasteiger partial charge on any atom is 0.191 e. The van der Waals surface area contributed by atoms with Crippen LogP contribution in [0.3, 0.4) is 0 Å². The highest BCUT2D eigenvalue weighted by Crippen LogP contribution is 2.25. The number of aliphatic hydroxyl groups is 1. The Morgan fingerprint density at radius 1 is 1.22 bits per heavy atom. The Morgan fingerprint density at radius 2 is 1.93 bits per heavy atom. The van der Waals surface area contributed by atoms with Crippen LogP contribution in [-0.2, 0) is 5.60 Å². The smallest absolute Gasteiger partial charge is 0.191 e. The van der Waals surface area contributed by atoms with Gasteiger partial charge in [0.05, 0.1) is 20.2 Å². The summed E-state index contributed by atoms with van der Waals surface area (Å²) >= 11 is 1.53. The maximum absolute atomic E-state index is 10.6. The Labute approximate surface area is 165 Å². The minimum absolute atomic E-state index is 0.0555. The van der Waals surface area contributed by atoms with Crippen molar-refractivity contribution in [2.75, 3.05) is 26.7 Å². The van der Waals surface area contributed by atoms with Crippen LogP contribution in [0.25, 0.3) is 0 Å². The predicted molar refractivity (Wildman–Crippen MR) is 111 cm³/mol. The highest BCUT2D eigenvalue weighted by Gasteiger charge is 2.24. The molecule has 1 aromatic heterocycles. The summed E-state index contributed by atoms with van der Waals surface area (Å²) in [6.45, 7) is 7.37. The van der Waals surface area contributed by atoms with Crippen LogP contribution in [0.2, 0.25) is 0 Å². The van der Waals surface area contributed by atoms with E-state index in [9.17, 15) is 5.11 Å². The molecule has 0 amide bonds. The van der Waals surface area contributed by atoms with Gasteiger partial charge >= 0.3 is 0 Å². The van der Waals surface area contributed by atoms with Gasteiger partial charge in [0.15, 0.2) is 5.96 Å². The lowest BCUT2D eigenvalue weighted by Gasteiger charge is -2.21. The number of nitrogens with zero attached hydrogens (tertiary/aromatic N) is 1. The number of aliphatic imine (C=N–C) groups is 1. The second kappa shape index (κ2) is 10.2. The van der Waals surface area contributed by atoms with Crippen molar-refractivity contribution in [1.29, 1.82) is 0 Å². The number of rotatable bonds is 9. The molecular formula is C20H29N3O3S. The first-order valence-electron chi connectivity index (χ1n) is 9.04. The first-order valence-corrected chi connectivity index (χ1v) is 9.92. The number of ether oxygens (including phenoxy) is 2. The summed E-state index contributed by atoms with van der Waals surface area (Å²) in [5.74, 6) is 2.24. The van der Waals surface area contributed by atoms with Crippen molar-refractivity contribution in [3.8, 4) is 11.5 Å². The van der Waals surface area contributed by atoms with Gasteiger partial charge in [-0.05, 0) is 56.5 Å². The average Bonchev–Trinajstić information content (AvgIpc) is 3.20. The summed E-state index contributed by atoms with van der Waals surface area (Å²) < 4.78 is 11.0. The summed E-state index contributed by atoms with van der Waals surface area (Å²) in [5, 5.41) is 19.0. The first-order chi connectivity index (χ1) is 12.9. The molecule has 2 atom stereocenters. The second-order valence-corrected chi connectivity index (χ2v) is 7.38. The number of methoxy groups -OCH3 is 1. The van der Waals surface area contributed by atoms with E-state index < -0.39 is 5.60 Å². The van der Waals surface area contributed by atoms with Gasteiger partial charge in [-0.15, -0.1) is 11.3 Å². The van der Waals surface area contributed by atoms with Crippen molar-refractivity contribution >= 4 is 17.3 Å². The van der Waals surface area contributed by atoms with E-state index in [2.05, 4.69) is 15.6 Å². The van der Waals surface area contributed by atoms with Crippen molar-refractivity contribution in [1.82, 2.24) is 10.6 Å². The standard InChI is InChI=1S/C20H29N3O3S/c1-5-21-19(23-14-20(3,24)18-7-6-12-27-18)22-13-15(2)26-17-10-8-16(25-4)9-11-17/h6-12,15,24H,5,13-14H2,1-4H3,(H2,21,22,23). The SMILES string of the molecule is CCNC(=NCC(C)(O)c1cccs1)NCC(C)Oc1ccc(OC)cc1. The third-order valence-electron chi connectivity index (χ3n) is 3.89. The van der Waals surface area contributed by atoms with Gasteiger partial charge in [0.2, 0.25) is 0 Å². The molecule has 0 aliphatic carbocycles. The molecule has 27 heavy (non-hydrogen) atoms. The predicted octanol–water partition coefficient (Wildman–Crippen LogP) is 2.99. The van der Waals surface area contributed by atoms with Crippen LogP contribution in [0.1, 0.15) is 25.6 Å². The van der Waals surface area contributed by atoms with E-state index in [1.807, 2.05) is 55.6 Å². The van der Waals surface area contributed by atoms with Crippen molar-refractivity contribution in [3.05, 3.63) is 46.7 Å². The zero-order valence-corrected chi connectivity index (χ0v) is 17.2. The van der Waals surface area contributed by atoms with Crippen molar-refractivity contribution < 1.29 is 14.6 Å². The van der Waals surface area contributed by atoms with E-state index in [4.69, 9.17) is 9.47 Å². The molecule has 0 bridgehead atoms. The van der Waals surface area contributed by atoms with Gasteiger partial charge in [0.25, 0.3) is 0 Å². The van der Waals surface area contributed by atoms with Gasteiger partial charge in [-0.1, -0.05) is 6.07 Å². The van der Waals surface area contributed by atoms with Gasteiger partial charge < -0.3 is 25.2 Å². The molecule has 0 saturated carbocycles. The molecule has 1 heterocycles. The largest absolute Gasteiger partial charge is 0.497 e. The molecular weight excluding hydrogens is 362 g/mol. The fourth-order valence-corrected chi connectivity index (χ4v) is 3.19. The number of hydrogen-bond acceptors (Lipinski definition) is 5. The molecule has 0 radical (unpaired) electrons. The second-order valence-electron chi connectivity index (χ2n) is 6.43. The van der Waals surface area contributed by atoms with Crippen LogP contribution in [0.15, 0.2) is 46.8 Å². The molecule has 0 fully saturated rings. The minimum Gasteiger partial charge on any atom is -0.497 e. The van der Waals surface area contributed by atoms with E-state index in [-0.39, 0.29) is 12.6 Å². The highest BCUT2D eigenvalue weighted by molar-refractivity contribution is 7.10. The molecule has 7 heteroatoms. The van der Waals surface area contributed by atoms with Gasteiger partial charge in [-0.2, -0.15) is 0 Å². The van der Waals surface area contributed by atoms with E-state index in [1.54, 1.807) is 14.0 Å². The van der Waals surface area contributed by atoms with Crippen LogP contribution in [0.5, 0.6) is 11.5 Å². The lowest BCUT2D eigenvalue weighted by Crippen LogP contribution is -2.42. The Kier molecular flexibility index (Phi) is 7.94. The molecule has 148 valence electrons. The van der Waals surface area contributed by atoms with E-state index in [0.29, 0.717) is 12.5 Å². The number of hydrogen-bond donors (Lipinski definition) is 3. The van der Waals surface area contributed by atoms with Crippen LogP contribution in [0.4, 0.5) is 0 Å². The summed E-state index contributed by atoms with van der Waals surface area (Å²) in [6.07, 6.45) is -0.0555. The van der Waals surface area contributed by atoms with E-state index in [1.165, 1.54) is 11.3 Å². The summed E-state index contributed by atoms with van der Waals surface area (Å²) in [7, 11) is 1.64. The zero-order valence-electron chi connectivity index (χ0n) is 16.4. The molecule has 3 N–H and O–H groups in total. The first kappa shape index (κ1) is 21.1. The molecule has 2 rings (SSSR count). The number of nitrogens with one attached hydrogen (secondary N) is 2. The molecule has 0 saturated heterocycles. The Bertz CT molecular complexity index is 700. The number of benzene rings is 1. The van der Waals surface area contributed by atoms with Gasteiger partial charge in [-0.25, -0.2) is 4.99 Å². The lowest BCUT2D eigenvalue weighted by molar-refractivity contribution is 0.0711. The highest BCUT2D eigenvalue weighted by atomic mass is 32.1. The molecule has 0 aliphatic heterocycles. The number of guanidine groups is 1. The fourth-order valence-electron chi connectivity index (χ4n) is 2.41. The molecule has 0 spiro atoms. The summed E-state index contributed by atoms with van der Waals surface area (Å²) in [5.41, 5.74) is -0.984. The van der Waals surface area contributed by atoms with Gasteiger partial charge in [0.1, 0.15) is 23.2 Å². The number of thiophene rings is 1. The quantitative estimate of drug-likeness (QED) is 0.453. The van der Waals surface area contributed by atoms with Crippen LogP contribution in [0, 0.1) is 0 Å². The van der Waals surface area contributed by atoms with E-state index in [0.717, 1.165) is 22.9 Å². The molecule has 6 nitrogen and oxygen atoms in total.